The number of hydrogen-bond acceptors (Lipinski definition) is 6. The molecule has 0 spiro atoms. The lowest BCUT2D eigenvalue weighted by Gasteiger charge is -2.15. The number of rotatable bonds is 5. The van der Waals surface area contributed by atoms with Crippen molar-refractivity contribution in [3.05, 3.63) is 58.2 Å². The molecule has 2 heterocycles. The van der Waals surface area contributed by atoms with Crippen LogP contribution in [-0.4, -0.2) is 37.4 Å². The van der Waals surface area contributed by atoms with E-state index in [4.69, 9.17) is 4.74 Å². The van der Waals surface area contributed by atoms with Crippen molar-refractivity contribution >= 4 is 17.5 Å². The Labute approximate surface area is 162 Å². The molecule has 0 bridgehead atoms. The second-order valence-corrected chi connectivity index (χ2v) is 7.24. The number of ketones is 1. The fourth-order valence-electron chi connectivity index (χ4n) is 3.81. The number of carbonyl (C=O) groups is 2. The Morgan fingerprint density at radius 1 is 1.21 bits per heavy atom. The fraction of sp³-hybridized carbons (Fsp3) is 0.381. The first-order valence-electron chi connectivity index (χ1n) is 9.45. The summed E-state index contributed by atoms with van der Waals surface area (Å²) >= 11 is 0. The monoisotopic (exact) mass is 378 g/mol. The molecule has 0 N–H and O–H groups in total. The first-order valence-corrected chi connectivity index (χ1v) is 9.45. The normalized spacial score (nSPS) is 14.1. The highest BCUT2D eigenvalue weighted by atomic mass is 16.5. The Kier molecular flexibility index (Phi) is 4.66. The van der Waals surface area contributed by atoms with Crippen molar-refractivity contribution in [3.8, 4) is 0 Å². The van der Waals surface area contributed by atoms with Gasteiger partial charge in [0, 0.05) is 22.5 Å². The van der Waals surface area contributed by atoms with Gasteiger partial charge in [-0.2, -0.15) is 10.1 Å². The van der Waals surface area contributed by atoms with E-state index in [0.29, 0.717) is 17.0 Å². The van der Waals surface area contributed by atoms with E-state index in [0.717, 1.165) is 30.5 Å². The molecule has 1 aliphatic rings. The van der Waals surface area contributed by atoms with Crippen LogP contribution in [0.3, 0.4) is 0 Å². The maximum Gasteiger partial charge on any atom is 0.311 e. The summed E-state index contributed by atoms with van der Waals surface area (Å²) in [7, 11) is 0. The highest BCUT2D eigenvalue weighted by molar-refractivity contribution is 6.00. The molecule has 28 heavy (non-hydrogen) atoms. The number of esters is 1. The SMILES string of the molecule is Cc1nc2ncnn2c(C)c1CC(=O)O[C@H](C)C(=O)c1ccc2c(c1)CCC2. The van der Waals surface area contributed by atoms with Crippen LogP contribution in [0.4, 0.5) is 0 Å². The summed E-state index contributed by atoms with van der Waals surface area (Å²) in [5.74, 6) is -0.150. The van der Waals surface area contributed by atoms with Crippen LogP contribution in [0.15, 0.2) is 24.5 Å². The molecule has 0 amide bonds. The number of Topliss-reactive ketones (excluding diaryl/α,β-unsaturated/α-hetero) is 1. The van der Waals surface area contributed by atoms with Crippen LogP contribution in [0.5, 0.6) is 0 Å². The molecule has 1 aliphatic carbocycles. The highest BCUT2D eigenvalue weighted by Crippen LogP contribution is 2.24. The minimum Gasteiger partial charge on any atom is -0.454 e. The van der Waals surface area contributed by atoms with Crippen molar-refractivity contribution in [3.63, 3.8) is 0 Å². The van der Waals surface area contributed by atoms with Crippen LogP contribution in [0, 0.1) is 13.8 Å². The van der Waals surface area contributed by atoms with Gasteiger partial charge >= 0.3 is 5.97 Å². The van der Waals surface area contributed by atoms with Gasteiger partial charge in [0.15, 0.2) is 6.10 Å². The summed E-state index contributed by atoms with van der Waals surface area (Å²) in [6.07, 6.45) is 3.81. The number of nitrogens with zero attached hydrogens (tertiary/aromatic N) is 4. The highest BCUT2D eigenvalue weighted by Gasteiger charge is 2.23. The van der Waals surface area contributed by atoms with E-state index in [9.17, 15) is 9.59 Å². The number of fused-ring (bicyclic) bond motifs is 2. The average molecular weight is 378 g/mol. The number of aromatic nitrogens is 4. The largest absolute Gasteiger partial charge is 0.454 e. The molecule has 0 aliphatic heterocycles. The Morgan fingerprint density at radius 3 is 2.82 bits per heavy atom. The zero-order valence-electron chi connectivity index (χ0n) is 16.2. The smallest absolute Gasteiger partial charge is 0.311 e. The standard InChI is InChI=1S/C21H22N4O3/c1-12-18(13(2)25-21(24-12)22-11-23-25)10-19(26)28-14(3)20(27)17-8-7-15-5-4-6-16(15)9-17/h7-9,11,14H,4-6,10H2,1-3H3/t14-/m1/s1. The number of carbonyl (C=O) groups excluding carboxylic acids is 2. The number of ether oxygens (including phenoxy) is 1. The second-order valence-electron chi connectivity index (χ2n) is 7.24. The third kappa shape index (κ3) is 3.28. The van der Waals surface area contributed by atoms with Crippen LogP contribution < -0.4 is 0 Å². The molecule has 2 aromatic heterocycles. The minimum absolute atomic E-state index is 0.0300. The maximum absolute atomic E-state index is 12.7. The molecule has 0 saturated carbocycles. The second kappa shape index (κ2) is 7.14. The van der Waals surface area contributed by atoms with Gasteiger partial charge in [0.1, 0.15) is 6.33 Å². The quantitative estimate of drug-likeness (QED) is 0.501. The molecule has 0 unspecified atom stereocenters. The molecule has 144 valence electrons. The molecular formula is C21H22N4O3. The summed E-state index contributed by atoms with van der Waals surface area (Å²) in [6.45, 7) is 5.30. The third-order valence-corrected chi connectivity index (χ3v) is 5.37. The van der Waals surface area contributed by atoms with Crippen LogP contribution in [-0.2, 0) is 28.8 Å². The van der Waals surface area contributed by atoms with E-state index in [-0.39, 0.29) is 12.2 Å². The topological polar surface area (TPSA) is 86.4 Å². The summed E-state index contributed by atoms with van der Waals surface area (Å²) in [5, 5.41) is 4.12. The predicted octanol–water partition coefficient (Wildman–Crippen LogP) is 2.59. The summed E-state index contributed by atoms with van der Waals surface area (Å²) in [6, 6.07) is 5.77. The van der Waals surface area contributed by atoms with Gasteiger partial charge in [-0.1, -0.05) is 12.1 Å². The van der Waals surface area contributed by atoms with Crippen LogP contribution in [0.2, 0.25) is 0 Å². The zero-order chi connectivity index (χ0) is 19.8. The Hall–Kier alpha value is -3.09. The van der Waals surface area contributed by atoms with Gasteiger partial charge in [-0.3, -0.25) is 9.59 Å². The molecule has 1 atom stereocenters. The molecule has 0 saturated heterocycles. The lowest BCUT2D eigenvalue weighted by Crippen LogP contribution is -2.26. The van der Waals surface area contributed by atoms with Gasteiger partial charge in [-0.25, -0.2) is 9.50 Å². The van der Waals surface area contributed by atoms with Crippen molar-refractivity contribution in [2.75, 3.05) is 0 Å². The van der Waals surface area contributed by atoms with Crippen molar-refractivity contribution in [2.45, 2.75) is 52.6 Å². The molecule has 1 aromatic carbocycles. The van der Waals surface area contributed by atoms with Gasteiger partial charge in [0.05, 0.1) is 6.42 Å². The molecule has 7 nitrogen and oxygen atoms in total. The number of hydrogen-bond donors (Lipinski definition) is 0. The third-order valence-electron chi connectivity index (χ3n) is 5.37. The molecular weight excluding hydrogens is 356 g/mol. The molecule has 7 heteroatoms. The van der Waals surface area contributed by atoms with Crippen molar-refractivity contribution < 1.29 is 14.3 Å². The lowest BCUT2D eigenvalue weighted by atomic mass is 10.0. The van der Waals surface area contributed by atoms with E-state index >= 15 is 0 Å². The molecule has 3 aromatic rings. The molecule has 0 fully saturated rings. The van der Waals surface area contributed by atoms with Crippen LogP contribution in [0.25, 0.3) is 5.78 Å². The molecule has 4 rings (SSSR count). The Balaban J connectivity index is 1.47. The minimum atomic E-state index is -0.837. The van der Waals surface area contributed by atoms with Gasteiger partial charge in [-0.15, -0.1) is 0 Å². The van der Waals surface area contributed by atoms with Crippen molar-refractivity contribution in [1.82, 2.24) is 19.6 Å². The number of benzene rings is 1. The Bertz CT molecular complexity index is 1090. The molecule has 0 radical (unpaired) electrons. The van der Waals surface area contributed by atoms with Crippen LogP contribution >= 0.6 is 0 Å². The van der Waals surface area contributed by atoms with Crippen molar-refractivity contribution in [2.24, 2.45) is 0 Å². The van der Waals surface area contributed by atoms with E-state index < -0.39 is 12.1 Å². The predicted molar refractivity (Wildman–Crippen MR) is 102 cm³/mol. The first kappa shape index (κ1) is 18.3. The van der Waals surface area contributed by atoms with Gasteiger partial charge in [-0.05, 0) is 57.2 Å². The van der Waals surface area contributed by atoms with Gasteiger partial charge < -0.3 is 4.74 Å². The summed E-state index contributed by atoms with van der Waals surface area (Å²) in [5.41, 5.74) is 5.35. The van der Waals surface area contributed by atoms with Gasteiger partial charge in [0.2, 0.25) is 5.78 Å². The number of aryl methyl sites for hydroxylation is 4. The van der Waals surface area contributed by atoms with E-state index in [1.54, 1.807) is 11.4 Å². The maximum atomic E-state index is 12.7. The van der Waals surface area contributed by atoms with E-state index in [1.807, 2.05) is 32.0 Å². The van der Waals surface area contributed by atoms with E-state index in [1.165, 1.54) is 17.5 Å². The zero-order valence-corrected chi connectivity index (χ0v) is 16.2. The summed E-state index contributed by atoms with van der Waals surface area (Å²) in [4.78, 5) is 33.6. The van der Waals surface area contributed by atoms with E-state index in [2.05, 4.69) is 15.1 Å². The Morgan fingerprint density at radius 2 is 2.00 bits per heavy atom. The fourth-order valence-corrected chi connectivity index (χ4v) is 3.81. The summed E-state index contributed by atoms with van der Waals surface area (Å²) < 4.78 is 7.02. The van der Waals surface area contributed by atoms with Crippen molar-refractivity contribution in [1.29, 1.82) is 0 Å². The van der Waals surface area contributed by atoms with Crippen LogP contribution in [0.1, 0.15) is 51.8 Å². The first-order chi connectivity index (χ1) is 13.4. The average Bonchev–Trinajstić information content (AvgIpc) is 3.32. The lowest BCUT2D eigenvalue weighted by molar-refractivity contribution is -0.145. The van der Waals surface area contributed by atoms with Gasteiger partial charge in [0.25, 0.3) is 5.78 Å².